The van der Waals surface area contributed by atoms with E-state index in [0.717, 1.165) is 51.7 Å². The lowest BCUT2D eigenvalue weighted by molar-refractivity contribution is 0.0913. The van der Waals surface area contributed by atoms with Gasteiger partial charge < -0.3 is 19.9 Å². The van der Waals surface area contributed by atoms with Crippen molar-refractivity contribution in [2.75, 3.05) is 51.3 Å². The zero-order valence-corrected chi connectivity index (χ0v) is 16.7. The second-order valence-corrected chi connectivity index (χ2v) is 8.03. The molecule has 2 aromatic rings. The van der Waals surface area contributed by atoms with Crippen molar-refractivity contribution in [1.29, 1.82) is 0 Å². The standard InChI is InChI=1S/C21H28N4OS/c1-22-21(25-12-10-24(11-13-25)19-8-5-15-27-19)23-16-18-9-14-26-20(18)17-6-3-2-4-7-17/h2-8,15,18,20H,9-14,16H2,1H3,(H,22,23). The molecule has 4 rings (SSSR count). The molecule has 2 aliphatic heterocycles. The highest BCUT2D eigenvalue weighted by Gasteiger charge is 2.30. The van der Waals surface area contributed by atoms with Crippen molar-refractivity contribution >= 4 is 22.3 Å². The lowest BCUT2D eigenvalue weighted by Crippen LogP contribution is -2.53. The maximum Gasteiger partial charge on any atom is 0.193 e. The van der Waals surface area contributed by atoms with Crippen LogP contribution in [0.3, 0.4) is 0 Å². The summed E-state index contributed by atoms with van der Waals surface area (Å²) in [6.07, 6.45) is 1.28. The number of benzene rings is 1. The second kappa shape index (κ2) is 8.76. The smallest absolute Gasteiger partial charge is 0.193 e. The van der Waals surface area contributed by atoms with Gasteiger partial charge in [-0.15, -0.1) is 11.3 Å². The summed E-state index contributed by atoms with van der Waals surface area (Å²) in [5.41, 5.74) is 1.28. The largest absolute Gasteiger partial charge is 0.373 e. The Labute approximate surface area is 165 Å². The molecule has 3 heterocycles. The lowest BCUT2D eigenvalue weighted by Gasteiger charge is -2.37. The molecule has 0 aliphatic carbocycles. The molecular formula is C21H28N4OS. The van der Waals surface area contributed by atoms with Crippen molar-refractivity contribution in [3.05, 3.63) is 53.4 Å². The van der Waals surface area contributed by atoms with Crippen LogP contribution in [-0.2, 0) is 4.74 Å². The summed E-state index contributed by atoms with van der Waals surface area (Å²) in [7, 11) is 1.88. The van der Waals surface area contributed by atoms with Crippen molar-refractivity contribution in [2.24, 2.45) is 10.9 Å². The van der Waals surface area contributed by atoms with E-state index in [1.54, 1.807) is 0 Å². The molecule has 5 nitrogen and oxygen atoms in total. The van der Waals surface area contributed by atoms with Crippen LogP contribution in [0.2, 0.25) is 0 Å². The predicted octanol–water partition coefficient (Wildman–Crippen LogP) is 3.22. The number of aliphatic imine (C=N–C) groups is 1. The minimum Gasteiger partial charge on any atom is -0.373 e. The van der Waals surface area contributed by atoms with E-state index in [1.165, 1.54) is 10.6 Å². The van der Waals surface area contributed by atoms with Crippen LogP contribution in [-0.4, -0.2) is 57.2 Å². The first kappa shape index (κ1) is 18.3. The zero-order valence-electron chi connectivity index (χ0n) is 15.9. The van der Waals surface area contributed by atoms with Crippen LogP contribution in [0.5, 0.6) is 0 Å². The molecule has 2 saturated heterocycles. The summed E-state index contributed by atoms with van der Waals surface area (Å²) < 4.78 is 6.02. The van der Waals surface area contributed by atoms with Gasteiger partial charge in [-0.2, -0.15) is 0 Å². The highest BCUT2D eigenvalue weighted by atomic mass is 32.1. The normalized spacial score (nSPS) is 23.7. The van der Waals surface area contributed by atoms with E-state index in [9.17, 15) is 0 Å². The van der Waals surface area contributed by atoms with Crippen LogP contribution in [0.1, 0.15) is 18.1 Å². The number of piperazine rings is 1. The molecule has 6 heteroatoms. The molecule has 1 aromatic carbocycles. The van der Waals surface area contributed by atoms with Crippen LogP contribution < -0.4 is 10.2 Å². The van der Waals surface area contributed by atoms with Crippen molar-refractivity contribution in [1.82, 2.24) is 10.2 Å². The fourth-order valence-electron chi connectivity index (χ4n) is 4.00. The fraction of sp³-hybridized carbons (Fsp3) is 0.476. The maximum absolute atomic E-state index is 6.02. The molecule has 2 aliphatic rings. The molecule has 0 radical (unpaired) electrons. The Hall–Kier alpha value is -2.05. The number of guanidine groups is 1. The Morgan fingerprint density at radius 3 is 2.67 bits per heavy atom. The van der Waals surface area contributed by atoms with Gasteiger partial charge in [0.1, 0.15) is 0 Å². The molecule has 0 saturated carbocycles. The summed E-state index contributed by atoms with van der Waals surface area (Å²) in [4.78, 5) is 9.37. The third-order valence-electron chi connectivity index (χ3n) is 5.47. The quantitative estimate of drug-likeness (QED) is 0.649. The van der Waals surface area contributed by atoms with Gasteiger partial charge in [0.05, 0.1) is 11.1 Å². The fourth-order valence-corrected chi connectivity index (χ4v) is 4.78. The molecule has 1 aromatic heterocycles. The molecule has 0 bridgehead atoms. The number of hydrogen-bond donors (Lipinski definition) is 1. The van der Waals surface area contributed by atoms with Crippen LogP contribution in [0, 0.1) is 5.92 Å². The van der Waals surface area contributed by atoms with Gasteiger partial charge in [0.15, 0.2) is 5.96 Å². The van der Waals surface area contributed by atoms with Crippen LogP contribution in [0.4, 0.5) is 5.00 Å². The van der Waals surface area contributed by atoms with Crippen molar-refractivity contribution in [2.45, 2.75) is 12.5 Å². The van der Waals surface area contributed by atoms with Gasteiger partial charge in [-0.1, -0.05) is 30.3 Å². The van der Waals surface area contributed by atoms with Gasteiger partial charge in [-0.25, -0.2) is 0 Å². The lowest BCUT2D eigenvalue weighted by atomic mass is 9.95. The number of hydrogen-bond acceptors (Lipinski definition) is 4. The van der Waals surface area contributed by atoms with Crippen molar-refractivity contribution < 1.29 is 4.74 Å². The van der Waals surface area contributed by atoms with Crippen molar-refractivity contribution in [3.8, 4) is 0 Å². The first-order valence-corrected chi connectivity index (χ1v) is 10.6. The average molecular weight is 385 g/mol. The highest BCUT2D eigenvalue weighted by molar-refractivity contribution is 7.14. The zero-order chi connectivity index (χ0) is 18.5. The summed E-state index contributed by atoms with van der Waals surface area (Å²) in [5, 5.41) is 7.13. The molecule has 0 amide bonds. The highest BCUT2D eigenvalue weighted by Crippen LogP contribution is 2.33. The van der Waals surface area contributed by atoms with Gasteiger partial charge in [0.2, 0.25) is 0 Å². The molecule has 1 N–H and O–H groups in total. The number of anilines is 1. The van der Waals surface area contributed by atoms with Crippen LogP contribution >= 0.6 is 11.3 Å². The van der Waals surface area contributed by atoms with Crippen LogP contribution in [0.25, 0.3) is 0 Å². The Morgan fingerprint density at radius 2 is 1.96 bits per heavy atom. The summed E-state index contributed by atoms with van der Waals surface area (Å²) in [6, 6.07) is 14.9. The van der Waals surface area contributed by atoms with Crippen LogP contribution in [0.15, 0.2) is 52.8 Å². The topological polar surface area (TPSA) is 40.1 Å². The van der Waals surface area contributed by atoms with Gasteiger partial charge in [0, 0.05) is 52.3 Å². The minimum absolute atomic E-state index is 0.187. The number of rotatable bonds is 4. The molecule has 2 fully saturated rings. The first-order chi connectivity index (χ1) is 13.3. The summed E-state index contributed by atoms with van der Waals surface area (Å²) >= 11 is 1.82. The maximum atomic E-state index is 6.02. The van der Waals surface area contributed by atoms with E-state index in [4.69, 9.17) is 4.74 Å². The van der Waals surface area contributed by atoms with Gasteiger partial charge >= 0.3 is 0 Å². The van der Waals surface area contributed by atoms with E-state index >= 15 is 0 Å². The molecule has 0 spiro atoms. The Bertz CT molecular complexity index is 726. The SMILES string of the molecule is CN=C(NCC1CCOC1c1ccccc1)N1CCN(c2cccs2)CC1. The number of ether oxygens (including phenoxy) is 1. The van der Waals surface area contributed by atoms with E-state index in [0.29, 0.717) is 5.92 Å². The monoisotopic (exact) mass is 384 g/mol. The molecule has 144 valence electrons. The Morgan fingerprint density at radius 1 is 1.15 bits per heavy atom. The Kier molecular flexibility index (Phi) is 5.94. The van der Waals surface area contributed by atoms with E-state index in [2.05, 4.69) is 68.0 Å². The minimum atomic E-state index is 0.187. The third-order valence-corrected chi connectivity index (χ3v) is 6.40. The second-order valence-electron chi connectivity index (χ2n) is 7.10. The van der Waals surface area contributed by atoms with Gasteiger partial charge in [-0.3, -0.25) is 4.99 Å². The first-order valence-electron chi connectivity index (χ1n) is 9.76. The third kappa shape index (κ3) is 4.28. The average Bonchev–Trinajstić information content (AvgIpc) is 3.42. The van der Waals surface area contributed by atoms with Crippen molar-refractivity contribution in [3.63, 3.8) is 0 Å². The van der Waals surface area contributed by atoms with E-state index < -0.39 is 0 Å². The number of nitrogens with zero attached hydrogens (tertiary/aromatic N) is 3. The molecular weight excluding hydrogens is 356 g/mol. The van der Waals surface area contributed by atoms with E-state index in [-0.39, 0.29) is 6.10 Å². The van der Waals surface area contributed by atoms with Gasteiger partial charge in [-0.05, 0) is 29.5 Å². The molecule has 2 unspecified atom stereocenters. The van der Waals surface area contributed by atoms with E-state index in [1.807, 2.05) is 18.4 Å². The number of nitrogens with one attached hydrogen (secondary N) is 1. The number of thiophene rings is 1. The predicted molar refractivity (Wildman–Crippen MR) is 113 cm³/mol. The molecule has 27 heavy (non-hydrogen) atoms. The Balaban J connectivity index is 1.31. The summed E-state index contributed by atoms with van der Waals surface area (Å²) in [5.74, 6) is 1.50. The van der Waals surface area contributed by atoms with Gasteiger partial charge in [0.25, 0.3) is 0 Å². The summed E-state index contributed by atoms with van der Waals surface area (Å²) in [6.45, 7) is 5.82. The molecule has 2 atom stereocenters.